The quantitative estimate of drug-likeness (QED) is 0.607. The topological polar surface area (TPSA) is 119 Å². The van der Waals surface area contributed by atoms with Gasteiger partial charge in [0.1, 0.15) is 5.54 Å². The minimum Gasteiger partial charge on any atom is -0.487 e. The lowest BCUT2D eigenvalue weighted by Gasteiger charge is -2.21. The second kappa shape index (κ2) is 6.21. The second-order valence-electron chi connectivity index (χ2n) is 4.76. The molecule has 0 unspecified atom stereocenters. The minimum absolute atomic E-state index is 0.0144. The Bertz CT molecular complexity index is 582. The summed E-state index contributed by atoms with van der Waals surface area (Å²) in [4.78, 5) is 33.2. The molecular weight excluding hydrogens is 280 g/mol. The van der Waals surface area contributed by atoms with Crippen LogP contribution in [-0.2, 0) is 4.79 Å². The van der Waals surface area contributed by atoms with E-state index in [1.54, 1.807) is 6.92 Å². The number of nitrogens with zero attached hydrogens (tertiary/aromatic N) is 1. The third-order valence-electron chi connectivity index (χ3n) is 2.68. The Morgan fingerprint density at radius 1 is 1.43 bits per heavy atom. The van der Waals surface area contributed by atoms with Crippen LogP contribution in [0.15, 0.2) is 18.2 Å². The number of nitro groups is 1. The van der Waals surface area contributed by atoms with Gasteiger partial charge in [0, 0.05) is 11.6 Å². The third kappa shape index (κ3) is 3.91. The van der Waals surface area contributed by atoms with Crippen molar-refractivity contribution in [3.05, 3.63) is 33.9 Å². The fraction of sp³-hybridized carbons (Fsp3) is 0.385. The Morgan fingerprint density at radius 3 is 2.52 bits per heavy atom. The van der Waals surface area contributed by atoms with Gasteiger partial charge in [0.05, 0.1) is 11.5 Å². The first-order valence-corrected chi connectivity index (χ1v) is 6.16. The van der Waals surface area contributed by atoms with E-state index in [0.717, 1.165) is 6.07 Å². The molecule has 0 fully saturated rings. The summed E-state index contributed by atoms with van der Waals surface area (Å²) in [6.07, 6.45) is 0. The molecule has 0 bridgehead atoms. The van der Waals surface area contributed by atoms with Crippen molar-refractivity contribution in [1.29, 1.82) is 0 Å². The predicted molar refractivity (Wildman–Crippen MR) is 73.4 cm³/mol. The second-order valence-corrected chi connectivity index (χ2v) is 4.76. The van der Waals surface area contributed by atoms with Crippen LogP contribution in [0.25, 0.3) is 0 Å². The molecule has 114 valence electrons. The van der Waals surface area contributed by atoms with Gasteiger partial charge in [-0.3, -0.25) is 14.9 Å². The van der Waals surface area contributed by atoms with E-state index >= 15 is 0 Å². The average molecular weight is 296 g/mol. The number of nitrogens with one attached hydrogen (secondary N) is 1. The maximum absolute atomic E-state index is 12.0. The number of hydrogen-bond acceptors (Lipinski definition) is 5. The number of rotatable bonds is 6. The number of aliphatic carboxylic acids is 1. The summed E-state index contributed by atoms with van der Waals surface area (Å²) < 4.78 is 5.10. The molecule has 21 heavy (non-hydrogen) atoms. The van der Waals surface area contributed by atoms with Gasteiger partial charge >= 0.3 is 11.7 Å². The number of carbonyl (C=O) groups excluding carboxylic acids is 1. The fourth-order valence-corrected chi connectivity index (χ4v) is 1.49. The maximum Gasteiger partial charge on any atom is 0.328 e. The van der Waals surface area contributed by atoms with Crippen LogP contribution in [0.5, 0.6) is 5.75 Å². The molecule has 0 saturated carbocycles. The lowest BCUT2D eigenvalue weighted by atomic mass is 10.0. The van der Waals surface area contributed by atoms with Crippen molar-refractivity contribution >= 4 is 17.6 Å². The van der Waals surface area contributed by atoms with Gasteiger partial charge in [0.2, 0.25) is 0 Å². The standard InChI is InChI=1S/C13H16N2O6/c1-4-21-10-6-5-8(7-9(10)15(19)20)11(16)14-13(2,3)12(17)18/h5-7H,4H2,1-3H3,(H,14,16)(H,17,18). The molecule has 0 saturated heterocycles. The van der Waals surface area contributed by atoms with Gasteiger partial charge in [-0.2, -0.15) is 0 Å². The van der Waals surface area contributed by atoms with Gasteiger partial charge in [0.15, 0.2) is 5.75 Å². The Hall–Kier alpha value is -2.64. The summed E-state index contributed by atoms with van der Waals surface area (Å²) in [5.74, 6) is -1.87. The van der Waals surface area contributed by atoms with E-state index in [9.17, 15) is 19.7 Å². The van der Waals surface area contributed by atoms with Crippen molar-refractivity contribution in [2.45, 2.75) is 26.3 Å². The summed E-state index contributed by atoms with van der Waals surface area (Å²) in [7, 11) is 0. The van der Waals surface area contributed by atoms with Gasteiger partial charge in [-0.15, -0.1) is 0 Å². The van der Waals surface area contributed by atoms with Gasteiger partial charge in [-0.25, -0.2) is 4.79 Å². The van der Waals surface area contributed by atoms with E-state index in [1.165, 1.54) is 26.0 Å². The normalized spacial score (nSPS) is 10.8. The van der Waals surface area contributed by atoms with E-state index in [-0.39, 0.29) is 23.6 Å². The average Bonchev–Trinajstić information content (AvgIpc) is 2.38. The first-order valence-electron chi connectivity index (χ1n) is 6.16. The summed E-state index contributed by atoms with van der Waals surface area (Å²) in [6, 6.07) is 3.70. The fourth-order valence-electron chi connectivity index (χ4n) is 1.49. The van der Waals surface area contributed by atoms with Crippen LogP contribution in [0.2, 0.25) is 0 Å². The molecule has 0 atom stereocenters. The smallest absolute Gasteiger partial charge is 0.328 e. The molecule has 0 aliphatic heterocycles. The van der Waals surface area contributed by atoms with Crippen molar-refractivity contribution in [1.82, 2.24) is 5.32 Å². The highest BCUT2D eigenvalue weighted by Gasteiger charge is 2.30. The maximum atomic E-state index is 12.0. The van der Waals surface area contributed by atoms with Gasteiger partial charge < -0.3 is 15.2 Å². The van der Waals surface area contributed by atoms with Crippen LogP contribution in [0.3, 0.4) is 0 Å². The summed E-state index contributed by atoms with van der Waals surface area (Å²) >= 11 is 0. The van der Waals surface area contributed by atoms with Gasteiger partial charge in [0.25, 0.3) is 5.91 Å². The lowest BCUT2D eigenvalue weighted by Crippen LogP contribution is -2.49. The zero-order valence-electron chi connectivity index (χ0n) is 11.9. The van der Waals surface area contributed by atoms with Gasteiger partial charge in [-0.05, 0) is 32.9 Å². The Labute approximate surface area is 120 Å². The van der Waals surface area contributed by atoms with E-state index in [2.05, 4.69) is 5.32 Å². The molecule has 1 rings (SSSR count). The number of ether oxygens (including phenoxy) is 1. The highest BCUT2D eigenvalue weighted by molar-refractivity contribution is 5.98. The number of carboxylic acid groups (broad SMARTS) is 1. The third-order valence-corrected chi connectivity index (χ3v) is 2.68. The Kier molecular flexibility index (Phi) is 4.85. The zero-order valence-corrected chi connectivity index (χ0v) is 11.9. The SMILES string of the molecule is CCOc1ccc(C(=O)NC(C)(C)C(=O)O)cc1[N+](=O)[O-]. The van der Waals surface area contributed by atoms with Crippen molar-refractivity contribution in [2.24, 2.45) is 0 Å². The number of carboxylic acids is 1. The monoisotopic (exact) mass is 296 g/mol. The number of nitro benzene ring substituents is 1. The largest absolute Gasteiger partial charge is 0.487 e. The van der Waals surface area contributed by atoms with Crippen LogP contribution in [0.4, 0.5) is 5.69 Å². The molecule has 1 amide bonds. The molecule has 8 heteroatoms. The molecule has 1 aromatic carbocycles. The molecular formula is C13H16N2O6. The van der Waals surface area contributed by atoms with E-state index in [4.69, 9.17) is 9.84 Å². The number of benzene rings is 1. The van der Waals surface area contributed by atoms with E-state index < -0.39 is 22.3 Å². The van der Waals surface area contributed by atoms with E-state index in [0.29, 0.717) is 0 Å². The summed E-state index contributed by atoms with van der Waals surface area (Å²) in [6.45, 7) is 4.56. The van der Waals surface area contributed by atoms with E-state index in [1.807, 2.05) is 0 Å². The van der Waals surface area contributed by atoms with Crippen molar-refractivity contribution in [3.8, 4) is 5.75 Å². The van der Waals surface area contributed by atoms with Crippen LogP contribution in [0, 0.1) is 10.1 Å². The number of amides is 1. The van der Waals surface area contributed by atoms with Crippen LogP contribution < -0.4 is 10.1 Å². The van der Waals surface area contributed by atoms with Crippen LogP contribution >= 0.6 is 0 Å². The van der Waals surface area contributed by atoms with Crippen molar-refractivity contribution in [2.75, 3.05) is 6.61 Å². The molecule has 0 radical (unpaired) electrons. The Morgan fingerprint density at radius 2 is 2.05 bits per heavy atom. The van der Waals surface area contributed by atoms with Crippen molar-refractivity contribution in [3.63, 3.8) is 0 Å². The molecule has 1 aromatic rings. The van der Waals surface area contributed by atoms with Crippen LogP contribution in [-0.4, -0.2) is 34.1 Å². The van der Waals surface area contributed by atoms with Crippen LogP contribution in [0.1, 0.15) is 31.1 Å². The lowest BCUT2D eigenvalue weighted by molar-refractivity contribution is -0.385. The van der Waals surface area contributed by atoms with Gasteiger partial charge in [-0.1, -0.05) is 0 Å². The highest BCUT2D eigenvalue weighted by atomic mass is 16.6. The number of carbonyl (C=O) groups is 2. The molecule has 0 heterocycles. The first kappa shape index (κ1) is 16.4. The Balaban J connectivity index is 3.09. The molecule has 0 aliphatic rings. The molecule has 0 spiro atoms. The molecule has 2 N–H and O–H groups in total. The number of hydrogen-bond donors (Lipinski definition) is 2. The molecule has 0 aromatic heterocycles. The van der Waals surface area contributed by atoms with Crippen molar-refractivity contribution < 1.29 is 24.4 Å². The summed E-state index contributed by atoms with van der Waals surface area (Å²) in [5.41, 5.74) is -1.85. The molecule has 8 nitrogen and oxygen atoms in total. The highest BCUT2D eigenvalue weighted by Crippen LogP contribution is 2.28. The minimum atomic E-state index is -1.48. The zero-order chi connectivity index (χ0) is 16.2. The predicted octanol–water partition coefficient (Wildman–Crippen LogP) is 1.59. The summed E-state index contributed by atoms with van der Waals surface area (Å²) in [5, 5.41) is 22.2. The first-order chi connectivity index (χ1) is 9.69. The molecule has 0 aliphatic carbocycles.